The van der Waals surface area contributed by atoms with Gasteiger partial charge in [-0.2, -0.15) is 0 Å². The monoisotopic (exact) mass is 364 g/mol. The van der Waals surface area contributed by atoms with Crippen molar-refractivity contribution < 1.29 is 24.2 Å². The average molecular weight is 364 g/mol. The Morgan fingerprint density at radius 2 is 1.69 bits per heavy atom. The van der Waals surface area contributed by atoms with E-state index in [1.54, 1.807) is 29.2 Å². The zero-order valence-electron chi connectivity index (χ0n) is 15.9. The van der Waals surface area contributed by atoms with Gasteiger partial charge < -0.3 is 19.5 Å². The fourth-order valence-electron chi connectivity index (χ4n) is 2.91. The number of hydrogen-bond donors (Lipinski definition) is 1. The Labute approximate surface area is 154 Å². The summed E-state index contributed by atoms with van der Waals surface area (Å²) in [7, 11) is 0. The molecule has 1 atom stereocenters. The fraction of sp³-hybridized carbons (Fsp3) is 0.579. The molecule has 0 saturated carbocycles. The third-order valence-corrected chi connectivity index (χ3v) is 4.07. The van der Waals surface area contributed by atoms with E-state index >= 15 is 0 Å². The minimum absolute atomic E-state index is 0.356. The molecule has 144 valence electrons. The van der Waals surface area contributed by atoms with Gasteiger partial charge in [0.2, 0.25) is 0 Å². The van der Waals surface area contributed by atoms with Crippen molar-refractivity contribution in [2.75, 3.05) is 32.8 Å². The Balaban J connectivity index is 2.02. The molecule has 0 aliphatic carbocycles. The van der Waals surface area contributed by atoms with E-state index in [0.717, 1.165) is 5.75 Å². The lowest BCUT2D eigenvalue weighted by Gasteiger charge is -2.38. The van der Waals surface area contributed by atoms with Gasteiger partial charge >= 0.3 is 12.1 Å². The lowest BCUT2D eigenvalue weighted by molar-refractivity contribution is -0.144. The maximum absolute atomic E-state index is 12.1. The first-order valence-corrected chi connectivity index (χ1v) is 8.89. The predicted octanol–water partition coefficient (Wildman–Crippen LogP) is 2.76. The van der Waals surface area contributed by atoms with E-state index in [2.05, 4.69) is 0 Å². The molecule has 2 rings (SSSR count). The molecule has 7 nitrogen and oxygen atoms in total. The van der Waals surface area contributed by atoms with Crippen LogP contribution in [0.5, 0.6) is 5.75 Å². The van der Waals surface area contributed by atoms with Crippen LogP contribution in [0.4, 0.5) is 4.79 Å². The molecular formula is C19H28N2O5. The first-order valence-electron chi connectivity index (χ1n) is 8.89. The molecule has 1 aliphatic rings. The van der Waals surface area contributed by atoms with Gasteiger partial charge in [-0.15, -0.1) is 0 Å². The highest BCUT2D eigenvalue weighted by Crippen LogP contribution is 2.25. The van der Waals surface area contributed by atoms with Gasteiger partial charge in [-0.3, -0.25) is 9.69 Å². The van der Waals surface area contributed by atoms with Crippen LogP contribution in [0.1, 0.15) is 39.3 Å². The molecule has 1 heterocycles. The molecule has 1 aromatic carbocycles. The van der Waals surface area contributed by atoms with Crippen LogP contribution in [-0.4, -0.2) is 65.4 Å². The quantitative estimate of drug-likeness (QED) is 0.865. The first kappa shape index (κ1) is 20.0. The summed E-state index contributed by atoms with van der Waals surface area (Å²) in [6, 6.07) is 6.39. The summed E-state index contributed by atoms with van der Waals surface area (Å²) in [5.74, 6) is -0.185. The minimum atomic E-state index is -0.903. The zero-order chi connectivity index (χ0) is 19.3. The maximum Gasteiger partial charge on any atom is 0.410 e. The molecular weight excluding hydrogens is 336 g/mol. The van der Waals surface area contributed by atoms with Gasteiger partial charge in [0.1, 0.15) is 17.4 Å². The third-order valence-electron chi connectivity index (χ3n) is 4.07. The summed E-state index contributed by atoms with van der Waals surface area (Å²) in [4.78, 5) is 27.5. The van der Waals surface area contributed by atoms with E-state index in [1.165, 1.54) is 0 Å². The summed E-state index contributed by atoms with van der Waals surface area (Å²) in [6.45, 7) is 9.78. The number of nitrogens with zero attached hydrogens (tertiary/aromatic N) is 2. The van der Waals surface area contributed by atoms with E-state index < -0.39 is 17.6 Å². The standard InChI is InChI=1S/C19H28N2O5/c1-5-25-15-8-6-14(7-9-15)16(17(22)23)20-10-12-21(13-11-20)18(24)26-19(2,3)4/h6-9,16H,5,10-13H2,1-4H3,(H,22,23)/t16-/m1/s1. The summed E-state index contributed by atoms with van der Waals surface area (Å²) in [5.41, 5.74) is 0.159. The number of benzene rings is 1. The number of carboxylic acid groups (broad SMARTS) is 1. The van der Waals surface area contributed by atoms with Crippen molar-refractivity contribution in [1.29, 1.82) is 0 Å². The van der Waals surface area contributed by atoms with Gasteiger partial charge in [-0.1, -0.05) is 12.1 Å². The van der Waals surface area contributed by atoms with E-state index in [1.807, 2.05) is 32.6 Å². The van der Waals surface area contributed by atoms with Crippen LogP contribution in [0, 0.1) is 0 Å². The van der Waals surface area contributed by atoms with Crippen LogP contribution in [0.3, 0.4) is 0 Å². The summed E-state index contributed by atoms with van der Waals surface area (Å²) in [6.07, 6.45) is -0.356. The molecule has 0 unspecified atom stereocenters. The second kappa shape index (κ2) is 8.40. The number of aliphatic carboxylic acids is 1. The van der Waals surface area contributed by atoms with Gasteiger partial charge in [0.15, 0.2) is 0 Å². The van der Waals surface area contributed by atoms with Crippen molar-refractivity contribution in [2.24, 2.45) is 0 Å². The number of piperazine rings is 1. The Morgan fingerprint density at radius 3 is 2.15 bits per heavy atom. The van der Waals surface area contributed by atoms with Crippen molar-refractivity contribution in [3.8, 4) is 5.75 Å². The number of hydrogen-bond acceptors (Lipinski definition) is 5. The van der Waals surface area contributed by atoms with Gasteiger partial charge in [-0.05, 0) is 45.4 Å². The fourth-order valence-corrected chi connectivity index (χ4v) is 2.91. The smallest absolute Gasteiger partial charge is 0.410 e. The second-order valence-electron chi connectivity index (χ2n) is 7.25. The molecule has 1 fully saturated rings. The summed E-state index contributed by atoms with van der Waals surface area (Å²) < 4.78 is 10.8. The molecule has 0 spiro atoms. The first-order chi connectivity index (χ1) is 12.2. The predicted molar refractivity (Wildman–Crippen MR) is 97.4 cm³/mol. The average Bonchev–Trinajstić information content (AvgIpc) is 2.55. The summed E-state index contributed by atoms with van der Waals surface area (Å²) in [5, 5.41) is 9.70. The summed E-state index contributed by atoms with van der Waals surface area (Å²) >= 11 is 0. The number of carbonyl (C=O) groups excluding carboxylic acids is 1. The van der Waals surface area contributed by atoms with Gasteiger partial charge in [0.05, 0.1) is 6.61 Å². The number of amides is 1. The topological polar surface area (TPSA) is 79.3 Å². The van der Waals surface area contributed by atoms with E-state index in [-0.39, 0.29) is 6.09 Å². The molecule has 1 aliphatic heterocycles. The Bertz CT molecular complexity index is 616. The Morgan fingerprint density at radius 1 is 1.12 bits per heavy atom. The largest absolute Gasteiger partial charge is 0.494 e. The van der Waals surface area contributed by atoms with Gasteiger partial charge in [0.25, 0.3) is 0 Å². The third kappa shape index (κ3) is 5.36. The van der Waals surface area contributed by atoms with Crippen LogP contribution in [0.15, 0.2) is 24.3 Å². The zero-order valence-corrected chi connectivity index (χ0v) is 15.9. The molecule has 0 bridgehead atoms. The van der Waals surface area contributed by atoms with E-state index in [0.29, 0.717) is 38.3 Å². The van der Waals surface area contributed by atoms with Gasteiger partial charge in [0, 0.05) is 26.2 Å². The lowest BCUT2D eigenvalue weighted by Crippen LogP contribution is -2.51. The molecule has 26 heavy (non-hydrogen) atoms. The maximum atomic E-state index is 12.1. The Hall–Kier alpha value is -2.28. The van der Waals surface area contributed by atoms with Crippen molar-refractivity contribution in [3.05, 3.63) is 29.8 Å². The highest BCUT2D eigenvalue weighted by molar-refractivity contribution is 5.75. The second-order valence-corrected chi connectivity index (χ2v) is 7.25. The molecule has 1 aromatic rings. The van der Waals surface area contributed by atoms with Crippen LogP contribution in [0.2, 0.25) is 0 Å². The highest BCUT2D eigenvalue weighted by atomic mass is 16.6. The Kier molecular flexibility index (Phi) is 6.47. The normalized spacial score (nSPS) is 16.8. The van der Waals surface area contributed by atoms with Gasteiger partial charge in [-0.25, -0.2) is 4.79 Å². The van der Waals surface area contributed by atoms with Crippen molar-refractivity contribution in [2.45, 2.75) is 39.3 Å². The molecule has 1 saturated heterocycles. The number of ether oxygens (including phenoxy) is 2. The highest BCUT2D eigenvalue weighted by Gasteiger charge is 2.32. The molecule has 1 N–H and O–H groups in total. The molecule has 0 aromatic heterocycles. The van der Waals surface area contributed by atoms with Crippen molar-refractivity contribution in [3.63, 3.8) is 0 Å². The van der Waals surface area contributed by atoms with Crippen molar-refractivity contribution in [1.82, 2.24) is 9.80 Å². The minimum Gasteiger partial charge on any atom is -0.494 e. The number of carboxylic acids is 1. The number of rotatable bonds is 5. The van der Waals surface area contributed by atoms with Crippen molar-refractivity contribution >= 4 is 12.1 Å². The lowest BCUT2D eigenvalue weighted by atomic mass is 10.0. The van der Waals surface area contributed by atoms with Crippen LogP contribution in [0.25, 0.3) is 0 Å². The van der Waals surface area contributed by atoms with Crippen LogP contribution < -0.4 is 4.74 Å². The van der Waals surface area contributed by atoms with Crippen LogP contribution >= 0.6 is 0 Å². The SMILES string of the molecule is CCOc1ccc([C@H](C(=O)O)N2CCN(C(=O)OC(C)(C)C)CC2)cc1. The number of carbonyl (C=O) groups is 2. The van der Waals surface area contributed by atoms with Crippen LogP contribution in [-0.2, 0) is 9.53 Å². The van der Waals surface area contributed by atoms with E-state index in [9.17, 15) is 14.7 Å². The molecule has 7 heteroatoms. The van der Waals surface area contributed by atoms with E-state index in [4.69, 9.17) is 9.47 Å². The molecule has 0 radical (unpaired) electrons. The molecule has 1 amide bonds.